The molecule has 0 radical (unpaired) electrons. The van der Waals surface area contributed by atoms with Crippen molar-refractivity contribution in [2.45, 2.75) is 6.61 Å². The number of anilines is 1. The average Bonchev–Trinajstić information content (AvgIpc) is 2.73. The fourth-order valence-electron chi connectivity index (χ4n) is 1.67. The third kappa shape index (κ3) is 2.99. The normalized spacial score (nSPS) is 13.6. The van der Waals surface area contributed by atoms with Crippen molar-refractivity contribution in [3.05, 3.63) is 22.7 Å². The molecule has 4 N–H and O–H groups in total. The third-order valence-corrected chi connectivity index (χ3v) is 4.17. The van der Waals surface area contributed by atoms with Gasteiger partial charge in [0.25, 0.3) is 0 Å². The van der Waals surface area contributed by atoms with Gasteiger partial charge in [0.2, 0.25) is 0 Å². The lowest BCUT2D eigenvalue weighted by molar-refractivity contribution is 0.275. The first-order chi connectivity index (χ1) is 8.63. The molecule has 96 valence electrons. The van der Waals surface area contributed by atoms with Crippen LogP contribution in [-0.2, 0) is 11.3 Å². The van der Waals surface area contributed by atoms with Gasteiger partial charge in [0.15, 0.2) is 0 Å². The van der Waals surface area contributed by atoms with Crippen molar-refractivity contribution in [3.63, 3.8) is 0 Å². The Balaban J connectivity index is 2.15. The Hall–Kier alpha value is -0.305. The highest BCUT2D eigenvalue weighted by atomic mass is 35.5. The Morgan fingerprint density at radius 1 is 1.67 bits per heavy atom. The van der Waals surface area contributed by atoms with Crippen LogP contribution in [0.2, 0.25) is 5.02 Å². The number of rotatable bonds is 3. The van der Waals surface area contributed by atoms with Gasteiger partial charge in [0.1, 0.15) is 4.32 Å². The number of benzene rings is 1. The van der Waals surface area contributed by atoms with Crippen molar-refractivity contribution in [2.75, 3.05) is 17.6 Å². The predicted molar refractivity (Wildman–Crippen MR) is 81.6 cm³/mol. The molecule has 1 aliphatic heterocycles. The van der Waals surface area contributed by atoms with Gasteiger partial charge in [-0.3, -0.25) is 0 Å². The van der Waals surface area contributed by atoms with Crippen LogP contribution in [0.15, 0.2) is 12.1 Å². The first-order valence-corrected chi connectivity index (χ1v) is 7.15. The molecule has 0 saturated heterocycles. The summed E-state index contributed by atoms with van der Waals surface area (Å²) in [6.45, 7) is 0.944. The molecule has 1 aromatic carbocycles. The van der Waals surface area contributed by atoms with Crippen molar-refractivity contribution < 1.29 is 9.68 Å². The zero-order chi connectivity index (χ0) is 13.1. The van der Waals surface area contributed by atoms with Gasteiger partial charge in [0, 0.05) is 17.8 Å². The van der Waals surface area contributed by atoms with Gasteiger partial charge in [-0.1, -0.05) is 41.6 Å². The number of hydrogen-bond donors (Lipinski definition) is 3. The molecule has 0 aliphatic carbocycles. The van der Waals surface area contributed by atoms with Gasteiger partial charge >= 0.3 is 7.12 Å². The Kier molecular flexibility index (Phi) is 4.88. The maximum absolute atomic E-state index is 9.67. The third-order valence-electron chi connectivity index (χ3n) is 2.50. The predicted octanol–water partition coefficient (Wildman–Crippen LogP) is 0.946. The topological polar surface area (TPSA) is 67.5 Å². The maximum Gasteiger partial charge on any atom is 0.493 e. The number of nitrogens with two attached hydrogens (primary N) is 1. The molecule has 1 aliphatic rings. The second kappa shape index (κ2) is 6.23. The summed E-state index contributed by atoms with van der Waals surface area (Å²) >= 11 is 12.9. The van der Waals surface area contributed by atoms with E-state index >= 15 is 0 Å². The van der Waals surface area contributed by atoms with E-state index in [0.29, 0.717) is 33.6 Å². The minimum Gasteiger partial charge on any atom is -0.423 e. The fourth-order valence-corrected chi connectivity index (χ4v) is 2.84. The minimum atomic E-state index is -0.959. The first kappa shape index (κ1) is 14.1. The molecule has 4 nitrogen and oxygen atoms in total. The highest BCUT2D eigenvalue weighted by Gasteiger charge is 2.31. The molecule has 1 aromatic rings. The molecule has 0 fully saturated rings. The van der Waals surface area contributed by atoms with Crippen LogP contribution in [0.1, 0.15) is 5.56 Å². The number of hydrogen-bond acceptors (Lipinski definition) is 5. The summed E-state index contributed by atoms with van der Waals surface area (Å²) in [7, 11) is -0.959. The van der Waals surface area contributed by atoms with Gasteiger partial charge in [-0.2, -0.15) is 0 Å². The zero-order valence-corrected chi connectivity index (χ0v) is 11.9. The summed E-state index contributed by atoms with van der Waals surface area (Å²) in [5.41, 5.74) is 7.60. The van der Waals surface area contributed by atoms with Gasteiger partial charge in [0.05, 0.1) is 17.3 Å². The lowest BCUT2D eigenvalue weighted by atomic mass is 9.79. The summed E-state index contributed by atoms with van der Waals surface area (Å²) < 4.78 is 5.72. The van der Waals surface area contributed by atoms with Gasteiger partial charge < -0.3 is 20.7 Å². The number of thiocarbonyl (C=S) groups is 1. The van der Waals surface area contributed by atoms with E-state index in [2.05, 4.69) is 5.32 Å². The molecule has 1 heterocycles. The minimum absolute atomic E-state index is 0.378. The molecular formula is C10H12BClN2O2S2. The molecule has 18 heavy (non-hydrogen) atoms. The highest BCUT2D eigenvalue weighted by molar-refractivity contribution is 8.23. The Morgan fingerprint density at radius 2 is 2.44 bits per heavy atom. The second-order valence-electron chi connectivity index (χ2n) is 3.71. The standard InChI is InChI=1S/C10H12BClN2O2S2/c12-9-7(14-10(17)18-4-3-13)2-1-6-5-16-11(15)8(6)9/h1-2,15H,3-5,13H2,(H,14,17). The summed E-state index contributed by atoms with van der Waals surface area (Å²) in [4.78, 5) is 0. The van der Waals surface area contributed by atoms with Crippen molar-refractivity contribution >= 4 is 58.2 Å². The van der Waals surface area contributed by atoms with Gasteiger partial charge in [-0.05, 0) is 11.6 Å². The van der Waals surface area contributed by atoms with Crippen molar-refractivity contribution in [1.29, 1.82) is 0 Å². The molecule has 0 saturated carbocycles. The van der Waals surface area contributed by atoms with Crippen LogP contribution in [0.25, 0.3) is 0 Å². The maximum atomic E-state index is 9.67. The molecule has 0 bridgehead atoms. The van der Waals surface area contributed by atoms with E-state index in [4.69, 9.17) is 34.2 Å². The molecule has 2 rings (SSSR count). The Morgan fingerprint density at radius 3 is 3.17 bits per heavy atom. The van der Waals surface area contributed by atoms with E-state index in [9.17, 15) is 5.02 Å². The SMILES string of the molecule is NCCSC(=S)Nc1ccc2c(c1Cl)B(O)OC2. The first-order valence-electron chi connectivity index (χ1n) is 5.38. The monoisotopic (exact) mass is 302 g/mol. The van der Waals surface area contributed by atoms with Crippen LogP contribution in [0.3, 0.4) is 0 Å². The van der Waals surface area contributed by atoms with E-state index < -0.39 is 7.12 Å². The molecule has 8 heteroatoms. The number of halogens is 1. The molecule has 0 spiro atoms. The van der Waals surface area contributed by atoms with Crippen molar-refractivity contribution in [1.82, 2.24) is 0 Å². The summed E-state index contributed by atoms with van der Waals surface area (Å²) in [6, 6.07) is 3.70. The van der Waals surface area contributed by atoms with Gasteiger partial charge in [-0.15, -0.1) is 0 Å². The molecule has 0 aromatic heterocycles. The van der Waals surface area contributed by atoms with Gasteiger partial charge in [-0.25, -0.2) is 0 Å². The van der Waals surface area contributed by atoms with Crippen LogP contribution in [0.4, 0.5) is 5.69 Å². The summed E-state index contributed by atoms with van der Waals surface area (Å²) in [6.07, 6.45) is 0. The van der Waals surface area contributed by atoms with E-state index in [0.717, 1.165) is 11.3 Å². The second-order valence-corrected chi connectivity index (χ2v) is 5.86. The van der Waals surface area contributed by atoms with Crippen LogP contribution in [0, 0.1) is 0 Å². The molecule has 0 atom stereocenters. The zero-order valence-electron chi connectivity index (χ0n) is 9.48. The Bertz CT molecular complexity index is 475. The highest BCUT2D eigenvalue weighted by Crippen LogP contribution is 2.26. The molecule has 0 unspecified atom stereocenters. The number of fused-ring (bicyclic) bond motifs is 1. The van der Waals surface area contributed by atoms with Crippen molar-refractivity contribution in [3.8, 4) is 0 Å². The van der Waals surface area contributed by atoms with E-state index in [1.807, 2.05) is 12.1 Å². The quantitative estimate of drug-likeness (QED) is 0.570. The van der Waals surface area contributed by atoms with Crippen LogP contribution in [0.5, 0.6) is 0 Å². The fraction of sp³-hybridized carbons (Fsp3) is 0.300. The van der Waals surface area contributed by atoms with Crippen LogP contribution < -0.4 is 16.5 Å². The smallest absolute Gasteiger partial charge is 0.423 e. The van der Waals surface area contributed by atoms with E-state index in [1.165, 1.54) is 11.8 Å². The largest absolute Gasteiger partial charge is 0.493 e. The van der Waals surface area contributed by atoms with E-state index in [-0.39, 0.29) is 0 Å². The van der Waals surface area contributed by atoms with Crippen LogP contribution >= 0.6 is 35.6 Å². The lowest BCUT2D eigenvalue weighted by Gasteiger charge is -2.11. The average molecular weight is 303 g/mol. The van der Waals surface area contributed by atoms with Crippen molar-refractivity contribution in [2.24, 2.45) is 5.73 Å². The molecular weight excluding hydrogens is 291 g/mol. The number of thioether (sulfide) groups is 1. The van der Waals surface area contributed by atoms with E-state index in [1.54, 1.807) is 0 Å². The lowest BCUT2D eigenvalue weighted by Crippen LogP contribution is -2.29. The summed E-state index contributed by atoms with van der Waals surface area (Å²) in [5.74, 6) is 0.750. The summed E-state index contributed by atoms with van der Waals surface area (Å²) in [5, 5.41) is 13.2. The Labute approximate surface area is 120 Å². The van der Waals surface area contributed by atoms with Crippen LogP contribution in [-0.4, -0.2) is 28.8 Å². The number of nitrogens with one attached hydrogen (secondary N) is 1. The molecule has 0 amide bonds.